The van der Waals surface area contributed by atoms with Crippen LogP contribution in [0.5, 0.6) is 5.75 Å². The number of benzene rings is 2. The zero-order chi connectivity index (χ0) is 21.8. The van der Waals surface area contributed by atoms with Crippen LogP contribution in [0.2, 0.25) is 0 Å². The molecule has 0 radical (unpaired) electrons. The van der Waals surface area contributed by atoms with Crippen LogP contribution in [0.3, 0.4) is 0 Å². The molecular formula is C24H35IN4O2. The van der Waals surface area contributed by atoms with Crippen molar-refractivity contribution in [3.8, 4) is 5.75 Å². The Morgan fingerprint density at radius 2 is 1.71 bits per heavy atom. The van der Waals surface area contributed by atoms with Gasteiger partial charge in [-0.1, -0.05) is 43.3 Å². The summed E-state index contributed by atoms with van der Waals surface area (Å²) < 4.78 is 5.56. The molecule has 2 rings (SSSR count). The average Bonchev–Trinajstić information content (AvgIpc) is 2.77. The van der Waals surface area contributed by atoms with Crippen molar-refractivity contribution in [2.45, 2.75) is 46.7 Å². The molecule has 0 heterocycles. The molecule has 0 fully saturated rings. The first kappa shape index (κ1) is 26.7. The summed E-state index contributed by atoms with van der Waals surface area (Å²) in [5.41, 5.74) is 3.57. The second-order valence-corrected chi connectivity index (χ2v) is 7.05. The number of halogens is 1. The Balaban J connectivity index is 0.00000480. The molecule has 0 aromatic heterocycles. The van der Waals surface area contributed by atoms with E-state index >= 15 is 0 Å². The van der Waals surface area contributed by atoms with Crippen LogP contribution < -0.4 is 20.7 Å². The van der Waals surface area contributed by atoms with E-state index in [4.69, 9.17) is 9.73 Å². The molecule has 31 heavy (non-hydrogen) atoms. The molecule has 170 valence electrons. The zero-order valence-corrected chi connectivity index (χ0v) is 21.2. The lowest BCUT2D eigenvalue weighted by Crippen LogP contribution is -2.38. The molecule has 0 saturated carbocycles. The minimum absolute atomic E-state index is 0. The van der Waals surface area contributed by atoms with Gasteiger partial charge in [0.2, 0.25) is 0 Å². The lowest BCUT2D eigenvalue weighted by atomic mass is 10.1. The SMILES string of the molecule is CCNC(=O)COc1cccc(CN=C(NCC)NC(C)c2ccc(CC)cc2)c1.I. The highest BCUT2D eigenvalue weighted by molar-refractivity contribution is 14.0. The number of nitrogens with zero attached hydrogens (tertiary/aromatic N) is 1. The maximum Gasteiger partial charge on any atom is 0.257 e. The summed E-state index contributed by atoms with van der Waals surface area (Å²) >= 11 is 0. The first-order valence-electron chi connectivity index (χ1n) is 10.7. The molecule has 6 nitrogen and oxygen atoms in total. The van der Waals surface area contributed by atoms with E-state index in [1.54, 1.807) is 0 Å². The van der Waals surface area contributed by atoms with Gasteiger partial charge in [0.25, 0.3) is 5.91 Å². The Bertz CT molecular complexity index is 825. The Morgan fingerprint density at radius 1 is 1.00 bits per heavy atom. The maximum atomic E-state index is 11.6. The van der Waals surface area contributed by atoms with Gasteiger partial charge in [-0.15, -0.1) is 24.0 Å². The minimum atomic E-state index is -0.125. The van der Waals surface area contributed by atoms with Gasteiger partial charge in [-0.2, -0.15) is 0 Å². The van der Waals surface area contributed by atoms with Gasteiger partial charge < -0.3 is 20.7 Å². The highest BCUT2D eigenvalue weighted by Crippen LogP contribution is 2.15. The number of carbonyl (C=O) groups excluding carboxylic acids is 1. The van der Waals surface area contributed by atoms with Crippen LogP contribution in [-0.2, 0) is 17.8 Å². The fourth-order valence-corrected chi connectivity index (χ4v) is 2.95. The summed E-state index contributed by atoms with van der Waals surface area (Å²) in [5, 5.41) is 9.49. The summed E-state index contributed by atoms with van der Waals surface area (Å²) in [6, 6.07) is 16.5. The molecule has 2 aromatic carbocycles. The van der Waals surface area contributed by atoms with Crippen molar-refractivity contribution < 1.29 is 9.53 Å². The summed E-state index contributed by atoms with van der Waals surface area (Å²) in [6.07, 6.45) is 1.04. The lowest BCUT2D eigenvalue weighted by molar-refractivity contribution is -0.122. The molecule has 3 N–H and O–H groups in total. The Labute approximate surface area is 203 Å². The topological polar surface area (TPSA) is 74.8 Å². The quantitative estimate of drug-likeness (QED) is 0.241. The van der Waals surface area contributed by atoms with Crippen LogP contribution in [0, 0.1) is 0 Å². The maximum absolute atomic E-state index is 11.6. The summed E-state index contributed by atoms with van der Waals surface area (Å²) in [7, 11) is 0. The predicted molar refractivity (Wildman–Crippen MR) is 138 cm³/mol. The normalized spacial score (nSPS) is 11.8. The van der Waals surface area contributed by atoms with Gasteiger partial charge in [0.15, 0.2) is 12.6 Å². The first-order valence-corrected chi connectivity index (χ1v) is 10.7. The third kappa shape index (κ3) is 9.59. The molecule has 0 spiro atoms. The van der Waals surface area contributed by atoms with Gasteiger partial charge >= 0.3 is 0 Å². The summed E-state index contributed by atoms with van der Waals surface area (Å²) in [5.74, 6) is 1.30. The van der Waals surface area contributed by atoms with Crippen molar-refractivity contribution in [1.29, 1.82) is 0 Å². The third-order valence-electron chi connectivity index (χ3n) is 4.65. The average molecular weight is 538 g/mol. The smallest absolute Gasteiger partial charge is 0.257 e. The van der Waals surface area contributed by atoms with E-state index in [-0.39, 0.29) is 42.5 Å². The van der Waals surface area contributed by atoms with Crippen molar-refractivity contribution in [2.75, 3.05) is 19.7 Å². The molecule has 1 amide bonds. The molecule has 0 aliphatic carbocycles. The van der Waals surface area contributed by atoms with Crippen LogP contribution in [0.1, 0.15) is 50.4 Å². The first-order chi connectivity index (χ1) is 14.5. The fourth-order valence-electron chi connectivity index (χ4n) is 2.95. The van der Waals surface area contributed by atoms with Crippen molar-refractivity contribution in [3.05, 3.63) is 65.2 Å². The van der Waals surface area contributed by atoms with Crippen molar-refractivity contribution in [1.82, 2.24) is 16.0 Å². The predicted octanol–water partition coefficient (Wildman–Crippen LogP) is 4.20. The van der Waals surface area contributed by atoms with Crippen molar-refractivity contribution in [3.63, 3.8) is 0 Å². The Hall–Kier alpha value is -2.29. The number of likely N-dealkylation sites (N-methyl/N-ethyl adjacent to an activating group) is 1. The van der Waals surface area contributed by atoms with Crippen molar-refractivity contribution >= 4 is 35.8 Å². The summed E-state index contributed by atoms with van der Waals surface area (Å²) in [4.78, 5) is 16.3. The molecule has 0 saturated heterocycles. The highest BCUT2D eigenvalue weighted by Gasteiger charge is 2.08. The van der Waals surface area contributed by atoms with Crippen LogP contribution in [0.25, 0.3) is 0 Å². The Morgan fingerprint density at radius 3 is 2.35 bits per heavy atom. The van der Waals surface area contributed by atoms with E-state index in [1.165, 1.54) is 11.1 Å². The number of aryl methyl sites for hydroxylation is 1. The number of rotatable bonds is 10. The van der Waals surface area contributed by atoms with E-state index in [9.17, 15) is 4.79 Å². The number of hydrogen-bond donors (Lipinski definition) is 3. The van der Waals surface area contributed by atoms with Gasteiger partial charge in [0, 0.05) is 13.1 Å². The number of aliphatic imine (C=N–C) groups is 1. The minimum Gasteiger partial charge on any atom is -0.484 e. The lowest BCUT2D eigenvalue weighted by Gasteiger charge is -2.18. The molecule has 1 unspecified atom stereocenters. The molecule has 7 heteroatoms. The van der Waals surface area contributed by atoms with Gasteiger partial charge in [-0.3, -0.25) is 4.79 Å². The third-order valence-corrected chi connectivity index (χ3v) is 4.65. The number of carbonyl (C=O) groups is 1. The fraction of sp³-hybridized carbons (Fsp3) is 0.417. The standard InChI is InChI=1S/C24H34N4O2.HI/c1-5-19-11-13-21(14-12-19)18(4)28-24(26-7-3)27-16-20-9-8-10-22(15-20)30-17-23(29)25-6-2;/h8-15,18H,5-7,16-17H2,1-4H3,(H,25,29)(H2,26,27,28);1H. The number of amides is 1. The Kier molecular flexibility index (Phi) is 12.7. The number of guanidine groups is 1. The summed E-state index contributed by atoms with van der Waals surface area (Å²) in [6.45, 7) is 10.1. The largest absolute Gasteiger partial charge is 0.484 e. The number of ether oxygens (including phenoxy) is 1. The molecular weight excluding hydrogens is 503 g/mol. The van der Waals surface area contributed by atoms with Gasteiger partial charge in [0.1, 0.15) is 5.75 Å². The monoisotopic (exact) mass is 538 g/mol. The van der Waals surface area contributed by atoms with E-state index in [0.29, 0.717) is 18.8 Å². The molecule has 0 aliphatic heterocycles. The van der Waals surface area contributed by atoms with Crippen LogP contribution >= 0.6 is 24.0 Å². The molecule has 0 bridgehead atoms. The number of hydrogen-bond acceptors (Lipinski definition) is 3. The number of nitrogens with one attached hydrogen (secondary N) is 3. The van der Waals surface area contributed by atoms with E-state index in [2.05, 4.69) is 54.1 Å². The second kappa shape index (κ2) is 14.7. The van der Waals surface area contributed by atoms with Gasteiger partial charge in [-0.05, 0) is 56.0 Å². The van der Waals surface area contributed by atoms with E-state index in [0.717, 1.165) is 24.5 Å². The second-order valence-electron chi connectivity index (χ2n) is 7.05. The van der Waals surface area contributed by atoms with Crippen LogP contribution in [-0.4, -0.2) is 31.6 Å². The van der Waals surface area contributed by atoms with E-state index in [1.807, 2.05) is 38.1 Å². The van der Waals surface area contributed by atoms with Crippen LogP contribution in [0.15, 0.2) is 53.5 Å². The van der Waals surface area contributed by atoms with Crippen LogP contribution in [0.4, 0.5) is 0 Å². The molecule has 1 atom stereocenters. The van der Waals surface area contributed by atoms with Crippen molar-refractivity contribution in [2.24, 2.45) is 4.99 Å². The van der Waals surface area contributed by atoms with E-state index < -0.39 is 0 Å². The molecule has 2 aromatic rings. The highest BCUT2D eigenvalue weighted by atomic mass is 127. The molecule has 0 aliphatic rings. The van der Waals surface area contributed by atoms with Gasteiger partial charge in [0.05, 0.1) is 12.6 Å². The van der Waals surface area contributed by atoms with Gasteiger partial charge in [-0.25, -0.2) is 4.99 Å². The zero-order valence-electron chi connectivity index (χ0n) is 18.9.